The Bertz CT molecular complexity index is 104. The molecule has 2 heteroatoms. The van der Waals surface area contributed by atoms with Crippen LogP contribution in [-0.4, -0.2) is 19.8 Å². The molecule has 0 aromatic heterocycles. The van der Waals surface area contributed by atoms with Crippen molar-refractivity contribution in [3.63, 3.8) is 0 Å². The van der Waals surface area contributed by atoms with Crippen LogP contribution in [-0.2, 0) is 4.74 Å². The second-order valence-electron chi connectivity index (χ2n) is 3.40. The van der Waals surface area contributed by atoms with Crippen LogP contribution in [0.1, 0.15) is 32.1 Å². The molecular formula is C9H19NO. The molecular weight excluding hydrogens is 138 g/mol. The predicted octanol–water partition coefficient (Wildman–Crippen LogP) is 1.54. The molecule has 2 nitrogen and oxygen atoms in total. The Labute approximate surface area is 69.1 Å². The minimum atomic E-state index is 0.493. The van der Waals surface area contributed by atoms with Crippen molar-refractivity contribution < 1.29 is 4.74 Å². The van der Waals surface area contributed by atoms with Gasteiger partial charge in [-0.1, -0.05) is 12.8 Å². The monoisotopic (exact) mass is 157 g/mol. The van der Waals surface area contributed by atoms with Gasteiger partial charge in [-0.2, -0.15) is 0 Å². The fourth-order valence-corrected chi connectivity index (χ4v) is 2.03. The number of ether oxygens (including phenoxy) is 1. The highest BCUT2D eigenvalue weighted by Crippen LogP contribution is 2.28. The summed E-state index contributed by atoms with van der Waals surface area (Å²) in [5.41, 5.74) is 5.52. The van der Waals surface area contributed by atoms with Gasteiger partial charge >= 0.3 is 0 Å². The van der Waals surface area contributed by atoms with E-state index in [1.165, 1.54) is 25.7 Å². The Morgan fingerprint density at radius 2 is 2.09 bits per heavy atom. The average Bonchev–Trinajstić information content (AvgIpc) is 2.06. The van der Waals surface area contributed by atoms with Gasteiger partial charge in [0.25, 0.3) is 0 Å². The summed E-state index contributed by atoms with van der Waals surface area (Å²) in [4.78, 5) is 0. The lowest BCUT2D eigenvalue weighted by Gasteiger charge is -2.29. The first-order valence-corrected chi connectivity index (χ1v) is 4.61. The van der Waals surface area contributed by atoms with E-state index in [0.717, 1.165) is 18.9 Å². The highest BCUT2D eigenvalue weighted by atomic mass is 16.5. The summed E-state index contributed by atoms with van der Waals surface area (Å²) in [6.07, 6.45) is 6.88. The molecule has 1 aliphatic rings. The first kappa shape index (κ1) is 9.01. The van der Waals surface area contributed by atoms with Gasteiger partial charge < -0.3 is 10.5 Å². The number of rotatable bonds is 3. The Morgan fingerprint density at radius 1 is 1.36 bits per heavy atom. The van der Waals surface area contributed by atoms with Crippen LogP contribution in [0.4, 0.5) is 0 Å². The predicted molar refractivity (Wildman–Crippen MR) is 46.4 cm³/mol. The van der Waals surface area contributed by atoms with Gasteiger partial charge in [0, 0.05) is 7.11 Å². The molecule has 0 saturated heterocycles. The summed E-state index contributed by atoms with van der Waals surface area (Å²) in [5, 5.41) is 0. The van der Waals surface area contributed by atoms with Crippen molar-refractivity contribution in [3.05, 3.63) is 0 Å². The first-order chi connectivity index (χ1) is 5.38. The summed E-state index contributed by atoms with van der Waals surface area (Å²) in [6.45, 7) is 0.810. The molecule has 0 spiro atoms. The zero-order chi connectivity index (χ0) is 8.10. The van der Waals surface area contributed by atoms with Crippen LogP contribution in [0.2, 0.25) is 0 Å². The second-order valence-corrected chi connectivity index (χ2v) is 3.40. The van der Waals surface area contributed by atoms with E-state index < -0.39 is 0 Å². The molecule has 1 saturated carbocycles. The van der Waals surface area contributed by atoms with E-state index in [1.807, 2.05) is 7.11 Å². The Morgan fingerprint density at radius 3 is 2.73 bits per heavy atom. The molecule has 2 atom stereocenters. The lowest BCUT2D eigenvalue weighted by molar-refractivity contribution is 0.0214. The largest absolute Gasteiger partial charge is 0.381 e. The van der Waals surface area contributed by atoms with E-state index in [1.54, 1.807) is 0 Å². The van der Waals surface area contributed by atoms with Gasteiger partial charge in [0.15, 0.2) is 0 Å². The van der Waals surface area contributed by atoms with Crippen molar-refractivity contribution in [2.75, 3.05) is 13.7 Å². The molecule has 0 bridgehead atoms. The van der Waals surface area contributed by atoms with Gasteiger partial charge in [-0.3, -0.25) is 0 Å². The fraction of sp³-hybridized carbons (Fsp3) is 1.00. The van der Waals surface area contributed by atoms with Crippen LogP contribution in [0, 0.1) is 5.92 Å². The maximum atomic E-state index is 5.52. The minimum absolute atomic E-state index is 0.493. The van der Waals surface area contributed by atoms with Gasteiger partial charge in [0.05, 0.1) is 6.10 Å². The van der Waals surface area contributed by atoms with Crippen LogP contribution < -0.4 is 5.73 Å². The summed E-state index contributed by atoms with van der Waals surface area (Å²) in [6, 6.07) is 0. The van der Waals surface area contributed by atoms with E-state index in [2.05, 4.69) is 0 Å². The lowest BCUT2D eigenvalue weighted by Crippen LogP contribution is -2.28. The third kappa shape index (κ3) is 2.46. The topological polar surface area (TPSA) is 35.2 Å². The van der Waals surface area contributed by atoms with Crippen molar-refractivity contribution in [1.29, 1.82) is 0 Å². The minimum Gasteiger partial charge on any atom is -0.381 e. The maximum absolute atomic E-state index is 5.52. The normalized spacial score (nSPS) is 32.2. The van der Waals surface area contributed by atoms with Gasteiger partial charge in [0.1, 0.15) is 0 Å². The summed E-state index contributed by atoms with van der Waals surface area (Å²) in [5.74, 6) is 0.735. The highest BCUT2D eigenvalue weighted by Gasteiger charge is 2.23. The standard InChI is InChI=1S/C9H19NO/c1-11-9-5-3-2-4-8(9)6-7-10/h8-9H,2-7,10H2,1H3. The molecule has 1 fully saturated rings. The van der Waals surface area contributed by atoms with Crippen molar-refractivity contribution in [2.45, 2.75) is 38.2 Å². The van der Waals surface area contributed by atoms with Crippen molar-refractivity contribution in [1.82, 2.24) is 0 Å². The average molecular weight is 157 g/mol. The summed E-state index contributed by atoms with van der Waals surface area (Å²) >= 11 is 0. The molecule has 0 aromatic rings. The molecule has 66 valence electrons. The zero-order valence-electron chi connectivity index (χ0n) is 7.38. The Hall–Kier alpha value is -0.0800. The van der Waals surface area contributed by atoms with Crippen LogP contribution in [0.15, 0.2) is 0 Å². The van der Waals surface area contributed by atoms with Crippen LogP contribution in [0.25, 0.3) is 0 Å². The molecule has 11 heavy (non-hydrogen) atoms. The molecule has 0 radical (unpaired) electrons. The molecule has 2 unspecified atom stereocenters. The van der Waals surface area contributed by atoms with Crippen LogP contribution >= 0.6 is 0 Å². The molecule has 0 heterocycles. The van der Waals surface area contributed by atoms with Gasteiger partial charge in [-0.15, -0.1) is 0 Å². The first-order valence-electron chi connectivity index (χ1n) is 4.61. The number of methoxy groups -OCH3 is 1. The molecule has 1 aliphatic carbocycles. The number of nitrogens with two attached hydrogens (primary N) is 1. The second kappa shape index (κ2) is 4.73. The van der Waals surface area contributed by atoms with E-state index in [4.69, 9.17) is 10.5 Å². The Kier molecular flexibility index (Phi) is 3.87. The van der Waals surface area contributed by atoms with Gasteiger partial charge in [-0.25, -0.2) is 0 Å². The number of hydrogen-bond acceptors (Lipinski definition) is 2. The summed E-state index contributed by atoms with van der Waals surface area (Å²) < 4.78 is 5.40. The van der Waals surface area contributed by atoms with Gasteiger partial charge in [0.2, 0.25) is 0 Å². The lowest BCUT2D eigenvalue weighted by atomic mass is 9.84. The van der Waals surface area contributed by atoms with Gasteiger partial charge in [-0.05, 0) is 31.7 Å². The Balaban J connectivity index is 2.31. The highest BCUT2D eigenvalue weighted by molar-refractivity contribution is 4.75. The van der Waals surface area contributed by atoms with Crippen LogP contribution in [0.3, 0.4) is 0 Å². The molecule has 0 amide bonds. The fourth-order valence-electron chi connectivity index (χ4n) is 2.03. The molecule has 0 aliphatic heterocycles. The molecule has 1 rings (SSSR count). The van der Waals surface area contributed by atoms with Crippen molar-refractivity contribution in [2.24, 2.45) is 11.7 Å². The van der Waals surface area contributed by atoms with E-state index in [-0.39, 0.29) is 0 Å². The molecule has 2 N–H and O–H groups in total. The zero-order valence-corrected chi connectivity index (χ0v) is 7.38. The number of hydrogen-bond donors (Lipinski definition) is 1. The third-order valence-electron chi connectivity index (χ3n) is 2.68. The summed E-state index contributed by atoms with van der Waals surface area (Å²) in [7, 11) is 1.82. The van der Waals surface area contributed by atoms with Crippen molar-refractivity contribution in [3.8, 4) is 0 Å². The quantitative estimate of drug-likeness (QED) is 0.674. The van der Waals surface area contributed by atoms with E-state index in [0.29, 0.717) is 6.10 Å². The maximum Gasteiger partial charge on any atom is 0.0600 e. The van der Waals surface area contributed by atoms with E-state index >= 15 is 0 Å². The van der Waals surface area contributed by atoms with Crippen LogP contribution in [0.5, 0.6) is 0 Å². The smallest absolute Gasteiger partial charge is 0.0600 e. The third-order valence-corrected chi connectivity index (χ3v) is 2.68. The van der Waals surface area contributed by atoms with E-state index in [9.17, 15) is 0 Å². The SMILES string of the molecule is COC1CCCCC1CCN. The molecule has 0 aromatic carbocycles. The van der Waals surface area contributed by atoms with Crippen molar-refractivity contribution >= 4 is 0 Å².